The molecule has 6 nitrogen and oxygen atoms in total. The molecule has 0 unspecified atom stereocenters. The van der Waals surface area contributed by atoms with E-state index in [1.54, 1.807) is 29.8 Å². The summed E-state index contributed by atoms with van der Waals surface area (Å²) in [4.78, 5) is 16.2. The van der Waals surface area contributed by atoms with Crippen LogP contribution in [0.25, 0.3) is 6.08 Å². The second kappa shape index (κ2) is 10.4. The molecular formula is C22H18ClN3O3S. The number of nitriles is 1. The molecule has 8 heteroatoms. The molecule has 30 heavy (non-hydrogen) atoms. The van der Waals surface area contributed by atoms with Crippen molar-refractivity contribution in [2.24, 2.45) is 0 Å². The number of carbonyl (C=O) groups excluding carboxylic acids is 1. The van der Waals surface area contributed by atoms with Crippen molar-refractivity contribution in [3.8, 4) is 17.6 Å². The SMILES string of the molecule is Cc1cccc(OCCOc2ccc(/C=C(/C#N)C(=O)Nc3nccs3)cc2Cl)c1. The molecule has 3 aromatic rings. The minimum Gasteiger partial charge on any atom is -0.490 e. The van der Waals surface area contributed by atoms with Crippen LogP contribution in [0.2, 0.25) is 5.02 Å². The maximum Gasteiger partial charge on any atom is 0.268 e. The molecule has 3 rings (SSSR count). The van der Waals surface area contributed by atoms with Gasteiger partial charge in [-0.25, -0.2) is 4.98 Å². The van der Waals surface area contributed by atoms with Gasteiger partial charge in [0.05, 0.1) is 5.02 Å². The first-order chi connectivity index (χ1) is 14.5. The number of hydrogen-bond donors (Lipinski definition) is 1. The number of hydrogen-bond acceptors (Lipinski definition) is 6. The van der Waals surface area contributed by atoms with Crippen LogP contribution in [0.5, 0.6) is 11.5 Å². The number of rotatable bonds is 8. The van der Waals surface area contributed by atoms with E-state index in [0.717, 1.165) is 11.3 Å². The molecule has 0 saturated carbocycles. The first-order valence-electron chi connectivity index (χ1n) is 8.99. The first-order valence-corrected chi connectivity index (χ1v) is 10.3. The molecular weight excluding hydrogens is 422 g/mol. The zero-order valence-electron chi connectivity index (χ0n) is 16.1. The highest BCUT2D eigenvalue weighted by molar-refractivity contribution is 7.13. The second-order valence-electron chi connectivity index (χ2n) is 6.16. The van der Waals surface area contributed by atoms with Gasteiger partial charge in [-0.3, -0.25) is 10.1 Å². The summed E-state index contributed by atoms with van der Waals surface area (Å²) in [5.74, 6) is 0.745. The monoisotopic (exact) mass is 439 g/mol. The Balaban J connectivity index is 1.57. The van der Waals surface area contributed by atoms with Gasteiger partial charge in [-0.05, 0) is 48.4 Å². The molecule has 0 saturated heterocycles. The molecule has 0 aliphatic rings. The van der Waals surface area contributed by atoms with Crippen LogP contribution in [0.4, 0.5) is 5.13 Å². The van der Waals surface area contributed by atoms with Gasteiger partial charge in [-0.1, -0.05) is 29.8 Å². The van der Waals surface area contributed by atoms with Crippen LogP contribution >= 0.6 is 22.9 Å². The maximum atomic E-state index is 12.2. The number of nitrogens with zero attached hydrogens (tertiary/aromatic N) is 2. The molecule has 1 N–H and O–H groups in total. The van der Waals surface area contributed by atoms with Gasteiger partial charge in [0.15, 0.2) is 5.13 Å². The van der Waals surface area contributed by atoms with Gasteiger partial charge in [-0.2, -0.15) is 5.26 Å². The average molecular weight is 440 g/mol. The fraction of sp³-hybridized carbons (Fsp3) is 0.136. The molecule has 1 aromatic heterocycles. The third-order valence-corrected chi connectivity index (χ3v) is 4.87. The van der Waals surface area contributed by atoms with E-state index in [1.807, 2.05) is 37.3 Å². The molecule has 0 spiro atoms. The zero-order chi connectivity index (χ0) is 21.3. The van der Waals surface area contributed by atoms with Crippen molar-refractivity contribution in [2.45, 2.75) is 6.92 Å². The Kier molecular flexibility index (Phi) is 7.44. The highest BCUT2D eigenvalue weighted by Crippen LogP contribution is 2.26. The molecule has 1 amide bonds. The van der Waals surface area contributed by atoms with E-state index in [0.29, 0.717) is 34.7 Å². The molecule has 152 valence electrons. The lowest BCUT2D eigenvalue weighted by atomic mass is 10.1. The van der Waals surface area contributed by atoms with Crippen LogP contribution in [0, 0.1) is 18.3 Å². The van der Waals surface area contributed by atoms with E-state index >= 15 is 0 Å². The highest BCUT2D eigenvalue weighted by atomic mass is 35.5. The maximum absolute atomic E-state index is 12.2. The normalized spacial score (nSPS) is 10.9. The summed E-state index contributed by atoms with van der Waals surface area (Å²) in [6.07, 6.45) is 3.03. The summed E-state index contributed by atoms with van der Waals surface area (Å²) in [6, 6.07) is 14.7. The Labute approximate surface area is 183 Å². The summed E-state index contributed by atoms with van der Waals surface area (Å²) in [5.41, 5.74) is 1.67. The summed E-state index contributed by atoms with van der Waals surface area (Å²) in [5, 5.41) is 14.4. The predicted octanol–water partition coefficient (Wildman–Crippen LogP) is 5.11. The molecule has 0 atom stereocenters. The fourth-order valence-corrected chi connectivity index (χ4v) is 3.27. The zero-order valence-corrected chi connectivity index (χ0v) is 17.7. The standard InChI is InChI=1S/C22H18ClN3O3S/c1-15-3-2-4-18(11-15)28-8-9-29-20-6-5-16(13-19(20)23)12-17(14-24)21(27)26-22-25-7-10-30-22/h2-7,10-13H,8-9H2,1H3,(H,25,26,27)/b17-12-. The Bertz CT molecular complexity index is 1090. The van der Waals surface area contributed by atoms with Gasteiger partial charge in [0.1, 0.15) is 36.4 Å². The minimum absolute atomic E-state index is 0.0542. The number of benzene rings is 2. The number of anilines is 1. The van der Waals surface area contributed by atoms with Crippen LogP contribution in [0.15, 0.2) is 59.6 Å². The van der Waals surface area contributed by atoms with Crippen LogP contribution in [0.3, 0.4) is 0 Å². The number of amides is 1. The smallest absolute Gasteiger partial charge is 0.268 e. The average Bonchev–Trinajstić information content (AvgIpc) is 3.23. The molecule has 0 bridgehead atoms. The van der Waals surface area contributed by atoms with Crippen molar-refractivity contribution in [3.05, 3.63) is 75.8 Å². The van der Waals surface area contributed by atoms with Crippen LogP contribution in [-0.2, 0) is 4.79 Å². The van der Waals surface area contributed by atoms with E-state index in [1.165, 1.54) is 17.4 Å². The van der Waals surface area contributed by atoms with Gasteiger partial charge in [0.2, 0.25) is 0 Å². The van der Waals surface area contributed by atoms with Gasteiger partial charge < -0.3 is 9.47 Å². The van der Waals surface area contributed by atoms with E-state index in [2.05, 4.69) is 10.3 Å². The van der Waals surface area contributed by atoms with Crippen molar-refractivity contribution in [3.63, 3.8) is 0 Å². The third-order valence-electron chi connectivity index (χ3n) is 3.88. The van der Waals surface area contributed by atoms with Crippen molar-refractivity contribution in [1.82, 2.24) is 4.98 Å². The number of ether oxygens (including phenoxy) is 2. The van der Waals surface area contributed by atoms with E-state index in [9.17, 15) is 10.1 Å². The van der Waals surface area contributed by atoms with Crippen LogP contribution in [-0.4, -0.2) is 24.1 Å². The summed E-state index contributed by atoms with van der Waals surface area (Å²) >= 11 is 7.55. The number of nitrogens with one attached hydrogen (secondary N) is 1. The number of carbonyl (C=O) groups is 1. The van der Waals surface area contributed by atoms with Gasteiger partial charge in [-0.15, -0.1) is 11.3 Å². The topological polar surface area (TPSA) is 84.2 Å². The summed E-state index contributed by atoms with van der Waals surface area (Å²) in [6.45, 7) is 2.69. The molecule has 0 radical (unpaired) electrons. The summed E-state index contributed by atoms with van der Waals surface area (Å²) < 4.78 is 11.3. The predicted molar refractivity (Wildman–Crippen MR) is 118 cm³/mol. The van der Waals surface area contributed by atoms with E-state index in [4.69, 9.17) is 21.1 Å². The summed E-state index contributed by atoms with van der Waals surface area (Å²) in [7, 11) is 0. The molecule has 0 fully saturated rings. The highest BCUT2D eigenvalue weighted by Gasteiger charge is 2.11. The van der Waals surface area contributed by atoms with Gasteiger partial charge in [0.25, 0.3) is 5.91 Å². The molecule has 2 aromatic carbocycles. The van der Waals surface area contributed by atoms with Crippen molar-refractivity contribution in [1.29, 1.82) is 5.26 Å². The third kappa shape index (κ3) is 6.08. The minimum atomic E-state index is -0.530. The number of aromatic nitrogens is 1. The lowest BCUT2D eigenvalue weighted by molar-refractivity contribution is -0.112. The number of aryl methyl sites for hydroxylation is 1. The molecule has 0 aliphatic carbocycles. The van der Waals surface area contributed by atoms with Crippen LogP contribution < -0.4 is 14.8 Å². The number of thiazole rings is 1. The molecule has 1 heterocycles. The Morgan fingerprint density at radius 2 is 2.10 bits per heavy atom. The van der Waals surface area contributed by atoms with Gasteiger partial charge in [0, 0.05) is 11.6 Å². The Morgan fingerprint density at radius 3 is 2.80 bits per heavy atom. The fourth-order valence-electron chi connectivity index (χ4n) is 2.51. The van der Waals surface area contributed by atoms with E-state index in [-0.39, 0.29) is 5.57 Å². The quantitative estimate of drug-likeness (QED) is 0.299. The van der Waals surface area contributed by atoms with Gasteiger partial charge >= 0.3 is 0 Å². The molecule has 0 aliphatic heterocycles. The van der Waals surface area contributed by atoms with Crippen molar-refractivity contribution < 1.29 is 14.3 Å². The van der Waals surface area contributed by atoms with Crippen molar-refractivity contribution in [2.75, 3.05) is 18.5 Å². The van der Waals surface area contributed by atoms with Crippen molar-refractivity contribution >= 4 is 40.1 Å². The Hall–Kier alpha value is -3.34. The lowest BCUT2D eigenvalue weighted by Crippen LogP contribution is -2.13. The van der Waals surface area contributed by atoms with Crippen LogP contribution in [0.1, 0.15) is 11.1 Å². The van der Waals surface area contributed by atoms with E-state index < -0.39 is 5.91 Å². The number of halogens is 1. The second-order valence-corrected chi connectivity index (χ2v) is 7.47. The lowest BCUT2D eigenvalue weighted by Gasteiger charge is -2.10. The first kappa shape index (κ1) is 21.4. The largest absolute Gasteiger partial charge is 0.490 e. The Morgan fingerprint density at radius 1 is 1.27 bits per heavy atom.